The molecule has 9 atom stereocenters. The molecule has 408 valence electrons. The third-order valence-electron chi connectivity index (χ3n) is 11.7. The van der Waals surface area contributed by atoms with Gasteiger partial charge in [0.1, 0.15) is 48.0 Å². The summed E-state index contributed by atoms with van der Waals surface area (Å²) in [5.74, 6) is -13.4. The second-order valence-electron chi connectivity index (χ2n) is 18.4. The van der Waals surface area contributed by atoms with Crippen LogP contribution in [-0.4, -0.2) is 163 Å². The smallest absolute Gasteiger partial charge is 0.305 e. The van der Waals surface area contributed by atoms with Gasteiger partial charge in [-0.3, -0.25) is 52.7 Å². The van der Waals surface area contributed by atoms with Crippen molar-refractivity contribution in [2.45, 2.75) is 172 Å². The van der Waals surface area contributed by atoms with Gasteiger partial charge in [0.15, 0.2) is 0 Å². The molecule has 1 aromatic carbocycles. The molecule has 1 aromatic rings. The first-order valence-electron chi connectivity index (χ1n) is 24.3. The SMILES string of the molecule is CC(C)CCCCCCCCCC1CC(=O)NC(CC(=O)O)C(=O)NC(Cc2ccc(O)cc2)C(=O)NC(CC(N)=O)C(=O)NC(CO)C(=O)NC(CCC(=O)O)C(=O)NC(CO)C(=O)NC(C(C)O)C(=O)N1. The summed E-state index contributed by atoms with van der Waals surface area (Å²) >= 11 is 0. The lowest BCUT2D eigenvalue weighted by Gasteiger charge is -2.28. The molecule has 0 spiro atoms. The fourth-order valence-electron chi connectivity index (χ4n) is 7.64. The molecule has 26 nitrogen and oxygen atoms in total. The Balaban J connectivity index is 2.69. The number of carbonyl (C=O) groups is 11. The highest BCUT2D eigenvalue weighted by Crippen LogP contribution is 2.16. The van der Waals surface area contributed by atoms with Crippen molar-refractivity contribution in [1.82, 2.24) is 42.5 Å². The van der Waals surface area contributed by atoms with Crippen LogP contribution in [0.1, 0.15) is 116 Å². The summed E-state index contributed by atoms with van der Waals surface area (Å²) in [5, 5.41) is 78.2. The predicted octanol–water partition coefficient (Wildman–Crippen LogP) is -3.04. The van der Waals surface area contributed by atoms with Crippen LogP contribution in [0.3, 0.4) is 0 Å². The molecular formula is C47H73N9O17. The summed E-state index contributed by atoms with van der Waals surface area (Å²) in [5.41, 5.74) is 5.67. The molecule has 0 saturated carbocycles. The van der Waals surface area contributed by atoms with Gasteiger partial charge < -0.3 is 78.9 Å². The van der Waals surface area contributed by atoms with Gasteiger partial charge in [-0.2, -0.15) is 0 Å². The third-order valence-corrected chi connectivity index (χ3v) is 11.7. The average molecular weight is 1040 g/mol. The minimum Gasteiger partial charge on any atom is -0.508 e. The Morgan fingerprint density at radius 2 is 1.03 bits per heavy atom. The molecule has 1 aliphatic rings. The van der Waals surface area contributed by atoms with Crippen molar-refractivity contribution >= 4 is 65.1 Å². The van der Waals surface area contributed by atoms with Gasteiger partial charge in [0.2, 0.25) is 53.2 Å². The number of nitrogens with one attached hydrogen (secondary N) is 8. The lowest BCUT2D eigenvalue weighted by molar-refractivity contribution is -0.141. The van der Waals surface area contributed by atoms with E-state index in [1.165, 1.54) is 24.3 Å². The van der Waals surface area contributed by atoms with Gasteiger partial charge in [-0.1, -0.05) is 77.3 Å². The number of aromatic hydroxyl groups is 1. The van der Waals surface area contributed by atoms with Gasteiger partial charge in [0, 0.05) is 25.3 Å². The Morgan fingerprint density at radius 1 is 0.562 bits per heavy atom. The summed E-state index contributed by atoms with van der Waals surface area (Å²) in [6.45, 7) is 3.08. The summed E-state index contributed by atoms with van der Waals surface area (Å²) < 4.78 is 0. The molecule has 73 heavy (non-hydrogen) atoms. The Kier molecular flexibility index (Phi) is 27.4. The highest BCUT2D eigenvalue weighted by atomic mass is 16.4. The second-order valence-corrected chi connectivity index (χ2v) is 18.4. The maximum Gasteiger partial charge on any atom is 0.305 e. The van der Waals surface area contributed by atoms with Crippen molar-refractivity contribution in [2.75, 3.05) is 13.2 Å². The number of aliphatic hydroxyl groups is 3. The number of amides is 9. The Labute approximate surface area is 422 Å². The molecule has 16 N–H and O–H groups in total. The lowest BCUT2D eigenvalue weighted by Crippen LogP contribution is -2.62. The normalized spacial score (nSPS) is 23.9. The van der Waals surface area contributed by atoms with E-state index in [-0.39, 0.29) is 17.7 Å². The number of hydrogen-bond acceptors (Lipinski definition) is 15. The molecule has 1 saturated heterocycles. The minimum absolute atomic E-state index is 0.133. The van der Waals surface area contributed by atoms with Gasteiger partial charge in [-0.05, 0) is 43.4 Å². The van der Waals surface area contributed by atoms with Crippen LogP contribution in [0.5, 0.6) is 5.75 Å². The number of unbranched alkanes of at least 4 members (excludes halogenated alkanes) is 6. The highest BCUT2D eigenvalue weighted by molar-refractivity contribution is 5.99. The number of carboxylic acids is 2. The molecular weight excluding hydrogens is 963 g/mol. The number of carbonyl (C=O) groups excluding carboxylic acids is 9. The number of phenolic OH excluding ortho intramolecular Hbond substituents is 1. The van der Waals surface area contributed by atoms with Crippen molar-refractivity contribution < 1.29 is 83.4 Å². The Morgan fingerprint density at radius 3 is 1.55 bits per heavy atom. The van der Waals surface area contributed by atoms with Gasteiger partial charge in [-0.25, -0.2) is 0 Å². The summed E-state index contributed by atoms with van der Waals surface area (Å²) in [6.07, 6.45) is 1.16. The van der Waals surface area contributed by atoms with Crippen molar-refractivity contribution in [1.29, 1.82) is 0 Å². The van der Waals surface area contributed by atoms with E-state index in [9.17, 15) is 83.4 Å². The zero-order valence-corrected chi connectivity index (χ0v) is 41.4. The number of carboxylic acid groups (broad SMARTS) is 2. The van der Waals surface area contributed by atoms with Crippen LogP contribution in [0.25, 0.3) is 0 Å². The van der Waals surface area contributed by atoms with E-state index in [1.807, 2.05) is 0 Å². The van der Waals surface area contributed by atoms with Crippen molar-refractivity contribution in [3.8, 4) is 5.75 Å². The van der Waals surface area contributed by atoms with Crippen molar-refractivity contribution in [2.24, 2.45) is 11.7 Å². The van der Waals surface area contributed by atoms with Gasteiger partial charge in [-0.15, -0.1) is 0 Å². The fourth-order valence-corrected chi connectivity index (χ4v) is 7.64. The van der Waals surface area contributed by atoms with Gasteiger partial charge >= 0.3 is 11.9 Å². The van der Waals surface area contributed by atoms with Crippen LogP contribution in [0.15, 0.2) is 24.3 Å². The van der Waals surface area contributed by atoms with E-state index in [4.69, 9.17) is 5.73 Å². The third kappa shape index (κ3) is 23.9. The first-order chi connectivity index (χ1) is 34.4. The topological polar surface area (TPSA) is 431 Å². The van der Waals surface area contributed by atoms with E-state index in [1.54, 1.807) is 0 Å². The van der Waals surface area contributed by atoms with E-state index in [0.717, 1.165) is 45.4 Å². The van der Waals surface area contributed by atoms with Crippen molar-refractivity contribution in [3.05, 3.63) is 29.8 Å². The molecule has 0 aliphatic carbocycles. The molecule has 1 heterocycles. The average Bonchev–Trinajstić information content (AvgIpc) is 3.30. The number of primary amides is 1. The minimum atomic E-state index is -1.99. The Bertz CT molecular complexity index is 2050. The van der Waals surface area contributed by atoms with Crippen LogP contribution in [0, 0.1) is 5.92 Å². The van der Waals surface area contributed by atoms with Crippen LogP contribution in [0.4, 0.5) is 0 Å². The van der Waals surface area contributed by atoms with Crippen LogP contribution in [-0.2, 0) is 59.2 Å². The van der Waals surface area contributed by atoms with Crippen LogP contribution in [0.2, 0.25) is 0 Å². The van der Waals surface area contributed by atoms with Crippen molar-refractivity contribution in [3.63, 3.8) is 0 Å². The largest absolute Gasteiger partial charge is 0.508 e. The number of phenols is 1. The number of benzene rings is 1. The zero-order valence-electron chi connectivity index (χ0n) is 41.4. The quantitative estimate of drug-likeness (QED) is 0.0514. The predicted molar refractivity (Wildman–Crippen MR) is 257 cm³/mol. The van der Waals surface area contributed by atoms with E-state index < -0.39 is 171 Å². The number of aliphatic carboxylic acids is 2. The second kappa shape index (κ2) is 32.2. The molecule has 2 rings (SSSR count). The first kappa shape index (κ1) is 62.2. The monoisotopic (exact) mass is 1040 g/mol. The Hall–Kier alpha value is -6.93. The first-order valence-corrected chi connectivity index (χ1v) is 24.3. The number of hydrogen-bond donors (Lipinski definition) is 15. The number of rotatable bonds is 22. The summed E-state index contributed by atoms with van der Waals surface area (Å²) in [6, 6.07) is -8.96. The summed E-state index contributed by atoms with van der Waals surface area (Å²) in [4.78, 5) is 146. The van der Waals surface area contributed by atoms with Gasteiger partial charge in [0.05, 0.1) is 32.2 Å². The molecule has 0 bridgehead atoms. The van der Waals surface area contributed by atoms with E-state index in [0.29, 0.717) is 18.8 Å². The maximum absolute atomic E-state index is 14.0. The van der Waals surface area contributed by atoms with E-state index >= 15 is 0 Å². The number of nitrogens with two attached hydrogens (primary N) is 1. The maximum atomic E-state index is 14.0. The van der Waals surface area contributed by atoms with E-state index in [2.05, 4.69) is 56.4 Å². The number of aliphatic hydroxyl groups excluding tert-OH is 3. The highest BCUT2D eigenvalue weighted by Gasteiger charge is 2.36. The summed E-state index contributed by atoms with van der Waals surface area (Å²) in [7, 11) is 0. The molecule has 26 heteroatoms. The van der Waals surface area contributed by atoms with Crippen LogP contribution < -0.4 is 48.3 Å². The fraction of sp³-hybridized carbons (Fsp3) is 0.638. The van der Waals surface area contributed by atoms with Crippen LogP contribution >= 0.6 is 0 Å². The molecule has 0 aromatic heterocycles. The molecule has 0 radical (unpaired) electrons. The van der Waals surface area contributed by atoms with Gasteiger partial charge in [0.25, 0.3) is 0 Å². The lowest BCUT2D eigenvalue weighted by atomic mass is 10.0. The molecule has 9 amide bonds. The molecule has 1 aliphatic heterocycles. The molecule has 9 unspecified atom stereocenters. The zero-order chi connectivity index (χ0) is 54.8. The standard InChI is InChI=1S/C47H73N9O17/c1-25(2)11-9-7-5-4-6-8-10-12-28-20-37(62)50-33(22-39(65)66)44(70)52-31(19-27-13-15-29(60)16-14-27)42(68)53-32(21-36(48)61)43(69)55-34(23-57)45(71)51-30(17-18-38(63)64)41(67)54-35(24-58)46(72)56-40(26(3)59)47(73)49-28/h13-16,25-26,28,30-35,40,57-60H,4-12,17-24H2,1-3H3,(H2,48,61)(H,49,73)(H,50,62)(H,51,71)(H,52,70)(H,53,68)(H,54,67)(H,55,69)(H,56,72)(H,63,64)(H,65,66). The molecule has 1 fully saturated rings.